The van der Waals surface area contributed by atoms with Crippen LogP contribution in [0.5, 0.6) is 0 Å². The summed E-state index contributed by atoms with van der Waals surface area (Å²) in [6, 6.07) is 3.17. The van der Waals surface area contributed by atoms with Gasteiger partial charge in [0.1, 0.15) is 0 Å². The predicted octanol–water partition coefficient (Wildman–Crippen LogP) is 0.921. The Hall–Kier alpha value is -2.04. The Labute approximate surface area is 79.5 Å². The Morgan fingerprint density at radius 1 is 1.57 bits per heavy atom. The topological polar surface area (TPSA) is 84.9 Å². The van der Waals surface area contributed by atoms with E-state index < -0.39 is 0 Å². The Morgan fingerprint density at radius 2 is 2.36 bits per heavy atom. The van der Waals surface area contributed by atoms with Gasteiger partial charge in [0.25, 0.3) is 0 Å². The Kier molecular flexibility index (Phi) is 1.85. The van der Waals surface area contributed by atoms with Crippen LogP contribution in [0.2, 0.25) is 0 Å². The minimum atomic E-state index is -0.183. The predicted molar refractivity (Wildman–Crippen MR) is 51.7 cm³/mol. The normalized spacial score (nSPS) is 10.4. The average Bonchev–Trinajstić information content (AvgIpc) is 2.48. The first-order valence-corrected chi connectivity index (χ1v) is 4.09. The number of anilines is 1. The van der Waals surface area contributed by atoms with Gasteiger partial charge in [0.05, 0.1) is 0 Å². The van der Waals surface area contributed by atoms with Crippen molar-refractivity contribution in [2.45, 2.75) is 6.92 Å². The number of hydrogen-bond acceptors (Lipinski definition) is 4. The van der Waals surface area contributed by atoms with Crippen molar-refractivity contribution in [3.05, 3.63) is 34.2 Å². The Balaban J connectivity index is 2.60. The largest absolute Gasteiger partial charge is 0.381 e. The zero-order chi connectivity index (χ0) is 10.1. The third-order valence-electron chi connectivity index (χ3n) is 2.00. The summed E-state index contributed by atoms with van der Waals surface area (Å²) in [5.41, 5.74) is 6.76. The van der Waals surface area contributed by atoms with Crippen LogP contribution in [0.25, 0.3) is 11.3 Å². The van der Waals surface area contributed by atoms with Gasteiger partial charge in [-0.15, -0.1) is 0 Å². The van der Waals surface area contributed by atoms with Gasteiger partial charge in [0.2, 0.25) is 5.56 Å². The van der Waals surface area contributed by atoms with E-state index in [1.807, 2.05) is 0 Å². The first-order valence-electron chi connectivity index (χ1n) is 4.09. The van der Waals surface area contributed by atoms with Gasteiger partial charge >= 0.3 is 0 Å². The van der Waals surface area contributed by atoms with E-state index in [0.717, 1.165) is 5.56 Å². The molecule has 2 heterocycles. The fourth-order valence-corrected chi connectivity index (χ4v) is 1.20. The second-order valence-corrected chi connectivity index (χ2v) is 2.96. The van der Waals surface area contributed by atoms with Crippen LogP contribution in [-0.4, -0.2) is 10.1 Å². The molecule has 14 heavy (non-hydrogen) atoms. The quantitative estimate of drug-likeness (QED) is 0.701. The van der Waals surface area contributed by atoms with Gasteiger partial charge in [-0.3, -0.25) is 4.79 Å². The molecule has 0 unspecified atom stereocenters. The lowest BCUT2D eigenvalue weighted by Crippen LogP contribution is -2.02. The molecule has 0 bridgehead atoms. The van der Waals surface area contributed by atoms with Crippen molar-refractivity contribution in [2.24, 2.45) is 0 Å². The number of H-pyrrole nitrogens is 1. The second kappa shape index (κ2) is 3.02. The highest BCUT2D eigenvalue weighted by Crippen LogP contribution is 2.25. The fourth-order valence-electron chi connectivity index (χ4n) is 1.20. The number of nitrogens with one attached hydrogen (secondary N) is 1. The first kappa shape index (κ1) is 8.55. The summed E-state index contributed by atoms with van der Waals surface area (Å²) in [5, 5.41) is 3.61. The molecule has 72 valence electrons. The van der Waals surface area contributed by atoms with Gasteiger partial charge in [-0.25, -0.2) is 0 Å². The summed E-state index contributed by atoms with van der Waals surface area (Å²) in [7, 11) is 0. The van der Waals surface area contributed by atoms with Gasteiger partial charge in [0, 0.05) is 23.4 Å². The van der Waals surface area contributed by atoms with Crippen LogP contribution in [-0.2, 0) is 0 Å². The molecule has 0 aliphatic heterocycles. The summed E-state index contributed by atoms with van der Waals surface area (Å²) in [5.74, 6) is 0.883. The molecule has 2 aromatic rings. The van der Waals surface area contributed by atoms with Gasteiger partial charge < -0.3 is 15.2 Å². The van der Waals surface area contributed by atoms with Crippen LogP contribution >= 0.6 is 0 Å². The molecule has 0 aromatic carbocycles. The van der Waals surface area contributed by atoms with E-state index in [2.05, 4.69) is 10.1 Å². The molecule has 0 aliphatic carbocycles. The molecule has 0 atom stereocenters. The van der Waals surface area contributed by atoms with Crippen molar-refractivity contribution in [3.63, 3.8) is 0 Å². The molecule has 0 radical (unpaired) electrons. The average molecular weight is 191 g/mol. The van der Waals surface area contributed by atoms with E-state index in [4.69, 9.17) is 10.3 Å². The van der Waals surface area contributed by atoms with E-state index in [0.29, 0.717) is 17.1 Å². The van der Waals surface area contributed by atoms with Gasteiger partial charge in [-0.05, 0) is 13.0 Å². The van der Waals surface area contributed by atoms with E-state index in [-0.39, 0.29) is 5.56 Å². The number of aromatic amines is 1. The molecule has 0 saturated carbocycles. The molecule has 3 N–H and O–H groups in total. The van der Waals surface area contributed by atoms with Crippen LogP contribution in [0.3, 0.4) is 0 Å². The number of nitrogen functional groups attached to an aromatic ring is 1. The lowest BCUT2D eigenvalue weighted by atomic mass is 10.1. The van der Waals surface area contributed by atoms with Gasteiger partial charge in [-0.2, -0.15) is 0 Å². The van der Waals surface area contributed by atoms with Crippen LogP contribution in [0.4, 0.5) is 5.82 Å². The zero-order valence-electron chi connectivity index (χ0n) is 7.57. The zero-order valence-corrected chi connectivity index (χ0v) is 7.57. The van der Waals surface area contributed by atoms with Gasteiger partial charge in [0.15, 0.2) is 11.6 Å². The molecule has 0 amide bonds. The van der Waals surface area contributed by atoms with Crippen LogP contribution in [0.1, 0.15) is 5.56 Å². The monoisotopic (exact) mass is 191 g/mol. The van der Waals surface area contributed by atoms with Crippen molar-refractivity contribution in [2.75, 3.05) is 5.73 Å². The van der Waals surface area contributed by atoms with Crippen molar-refractivity contribution in [1.82, 2.24) is 10.1 Å². The molecule has 2 rings (SSSR count). The maximum Gasteiger partial charge on any atom is 0.248 e. The lowest BCUT2D eigenvalue weighted by molar-refractivity contribution is 0.435. The van der Waals surface area contributed by atoms with E-state index in [1.165, 1.54) is 6.07 Å². The minimum Gasteiger partial charge on any atom is -0.381 e. The maximum absolute atomic E-state index is 11.0. The minimum absolute atomic E-state index is 0.183. The summed E-state index contributed by atoms with van der Waals surface area (Å²) < 4.78 is 5.01. The van der Waals surface area contributed by atoms with Crippen molar-refractivity contribution < 1.29 is 4.52 Å². The molecule has 0 saturated heterocycles. The molecule has 5 nitrogen and oxygen atoms in total. The highest BCUT2D eigenvalue weighted by atomic mass is 16.5. The van der Waals surface area contributed by atoms with Crippen LogP contribution in [0, 0.1) is 6.92 Å². The second-order valence-electron chi connectivity index (χ2n) is 2.96. The summed E-state index contributed by atoms with van der Waals surface area (Å²) in [4.78, 5) is 13.6. The number of rotatable bonds is 1. The SMILES string of the molecule is Cc1c(N)noc1-c1cc[nH]c(=O)c1. The Morgan fingerprint density at radius 3 is 2.93 bits per heavy atom. The summed E-state index contributed by atoms with van der Waals surface area (Å²) in [6.07, 6.45) is 1.55. The van der Waals surface area contributed by atoms with Crippen molar-refractivity contribution in [3.8, 4) is 11.3 Å². The van der Waals surface area contributed by atoms with Crippen LogP contribution in [0.15, 0.2) is 27.6 Å². The van der Waals surface area contributed by atoms with Gasteiger partial charge in [-0.1, -0.05) is 5.16 Å². The van der Waals surface area contributed by atoms with E-state index in [1.54, 1.807) is 19.2 Å². The maximum atomic E-state index is 11.0. The number of nitrogens with two attached hydrogens (primary N) is 1. The smallest absolute Gasteiger partial charge is 0.248 e. The molecule has 2 aromatic heterocycles. The Bertz CT molecular complexity index is 513. The lowest BCUT2D eigenvalue weighted by Gasteiger charge is -1.94. The molecular formula is C9H9N3O2. The number of pyridine rings is 1. The molecule has 5 heteroatoms. The molecule has 0 spiro atoms. The number of hydrogen-bond donors (Lipinski definition) is 2. The summed E-state index contributed by atoms with van der Waals surface area (Å²) in [6.45, 7) is 1.79. The number of nitrogens with zero attached hydrogens (tertiary/aromatic N) is 1. The summed E-state index contributed by atoms with van der Waals surface area (Å²) >= 11 is 0. The van der Waals surface area contributed by atoms with E-state index >= 15 is 0 Å². The molecular weight excluding hydrogens is 182 g/mol. The first-order chi connectivity index (χ1) is 6.68. The fraction of sp³-hybridized carbons (Fsp3) is 0.111. The van der Waals surface area contributed by atoms with Crippen molar-refractivity contribution >= 4 is 5.82 Å². The van der Waals surface area contributed by atoms with Crippen molar-refractivity contribution in [1.29, 1.82) is 0 Å². The highest BCUT2D eigenvalue weighted by Gasteiger charge is 2.11. The third-order valence-corrected chi connectivity index (χ3v) is 2.00. The van der Waals surface area contributed by atoms with E-state index in [9.17, 15) is 4.79 Å². The molecule has 0 aliphatic rings. The highest BCUT2D eigenvalue weighted by molar-refractivity contribution is 5.64. The van der Waals surface area contributed by atoms with Crippen LogP contribution < -0.4 is 11.3 Å². The molecule has 0 fully saturated rings. The standard InChI is InChI=1S/C9H9N3O2/c1-5-8(14-12-9(5)10)6-2-3-11-7(13)4-6/h2-4H,1H3,(H2,10,12)(H,11,13). The third kappa shape index (κ3) is 1.28. The number of aromatic nitrogens is 2.